The van der Waals surface area contributed by atoms with Crippen LogP contribution < -0.4 is 10.1 Å². The molecule has 0 aliphatic rings. The predicted molar refractivity (Wildman–Crippen MR) is 89.2 cm³/mol. The third-order valence-electron chi connectivity index (χ3n) is 3.29. The third-order valence-corrected chi connectivity index (χ3v) is 4.03. The van der Waals surface area contributed by atoms with Crippen LogP contribution in [0.1, 0.15) is 24.1 Å². The fourth-order valence-corrected chi connectivity index (χ4v) is 2.99. The van der Waals surface area contributed by atoms with Crippen LogP contribution >= 0.6 is 0 Å². The number of nitrogens with one attached hydrogen (secondary N) is 1. The van der Waals surface area contributed by atoms with Crippen LogP contribution in [0.2, 0.25) is 0 Å². The molecule has 2 atom stereocenters. The molecule has 2 aromatic rings. The van der Waals surface area contributed by atoms with Gasteiger partial charge in [-0.25, -0.2) is 0 Å². The average molecular weight is 303 g/mol. The van der Waals surface area contributed by atoms with Crippen LogP contribution in [0.3, 0.4) is 0 Å². The molecule has 0 aromatic heterocycles. The van der Waals surface area contributed by atoms with Gasteiger partial charge in [-0.3, -0.25) is 4.21 Å². The van der Waals surface area contributed by atoms with Gasteiger partial charge < -0.3 is 10.1 Å². The van der Waals surface area contributed by atoms with Crippen molar-refractivity contribution >= 4 is 16.5 Å². The van der Waals surface area contributed by atoms with Crippen molar-refractivity contribution in [1.82, 2.24) is 0 Å². The summed E-state index contributed by atoms with van der Waals surface area (Å²) in [5.74, 6) is 1.46. The molecule has 0 fully saturated rings. The summed E-state index contributed by atoms with van der Waals surface area (Å²) in [6.45, 7) is 2.10. The summed E-state index contributed by atoms with van der Waals surface area (Å²) in [6.07, 6.45) is 1.72. The van der Waals surface area contributed by atoms with Crippen molar-refractivity contribution < 1.29 is 8.95 Å². The van der Waals surface area contributed by atoms with E-state index in [9.17, 15) is 4.21 Å². The van der Waals surface area contributed by atoms with Gasteiger partial charge in [-0.2, -0.15) is 0 Å². The van der Waals surface area contributed by atoms with Crippen molar-refractivity contribution in [3.05, 3.63) is 59.7 Å². The third kappa shape index (κ3) is 4.33. The van der Waals surface area contributed by atoms with Gasteiger partial charge in [0.15, 0.2) is 0 Å². The first-order valence-electron chi connectivity index (χ1n) is 6.88. The highest BCUT2D eigenvalue weighted by Crippen LogP contribution is 2.27. The molecule has 2 rings (SSSR count). The molecular weight excluding hydrogens is 282 g/mol. The molecule has 1 N–H and O–H groups in total. The number of rotatable bonds is 6. The highest BCUT2D eigenvalue weighted by Gasteiger charge is 2.10. The molecule has 112 valence electrons. The maximum absolute atomic E-state index is 11.3. The van der Waals surface area contributed by atoms with Gasteiger partial charge in [0.1, 0.15) is 5.75 Å². The Morgan fingerprint density at radius 1 is 1.19 bits per heavy atom. The fraction of sp³-hybridized carbons (Fsp3) is 0.294. The summed E-state index contributed by atoms with van der Waals surface area (Å²) in [5.41, 5.74) is 3.22. The summed E-state index contributed by atoms with van der Waals surface area (Å²) in [6, 6.07) is 16.2. The minimum absolute atomic E-state index is 0.128. The number of para-hydroxylation sites is 1. The number of ether oxygens (including phenoxy) is 1. The lowest BCUT2D eigenvalue weighted by Crippen LogP contribution is -2.08. The Morgan fingerprint density at radius 3 is 2.67 bits per heavy atom. The molecule has 0 amide bonds. The average Bonchev–Trinajstić information content (AvgIpc) is 2.46. The van der Waals surface area contributed by atoms with Gasteiger partial charge in [-0.1, -0.05) is 30.3 Å². The molecule has 0 bridgehead atoms. The molecule has 2 aromatic carbocycles. The Balaban J connectivity index is 2.15. The number of hydrogen-bond acceptors (Lipinski definition) is 3. The van der Waals surface area contributed by atoms with E-state index < -0.39 is 10.8 Å². The van der Waals surface area contributed by atoms with Crippen molar-refractivity contribution in [2.24, 2.45) is 0 Å². The van der Waals surface area contributed by atoms with Crippen LogP contribution in [-0.4, -0.2) is 17.6 Å². The summed E-state index contributed by atoms with van der Waals surface area (Å²) in [4.78, 5) is 0. The van der Waals surface area contributed by atoms with Crippen LogP contribution in [0.4, 0.5) is 5.69 Å². The minimum Gasteiger partial charge on any atom is -0.496 e. The Morgan fingerprint density at radius 2 is 1.95 bits per heavy atom. The molecule has 0 heterocycles. The predicted octanol–water partition coefficient (Wildman–Crippen LogP) is 3.75. The molecule has 0 radical (unpaired) electrons. The van der Waals surface area contributed by atoms with Crippen LogP contribution in [0, 0.1) is 0 Å². The summed E-state index contributed by atoms with van der Waals surface area (Å²) < 4.78 is 16.7. The number of methoxy groups -OCH3 is 1. The largest absolute Gasteiger partial charge is 0.496 e. The van der Waals surface area contributed by atoms with Crippen LogP contribution in [0.5, 0.6) is 5.75 Å². The van der Waals surface area contributed by atoms with E-state index in [2.05, 4.69) is 18.3 Å². The van der Waals surface area contributed by atoms with Crippen molar-refractivity contribution in [1.29, 1.82) is 0 Å². The second-order valence-electron chi connectivity index (χ2n) is 5.03. The van der Waals surface area contributed by atoms with Crippen molar-refractivity contribution in [2.75, 3.05) is 18.7 Å². The van der Waals surface area contributed by atoms with Crippen molar-refractivity contribution in [3.63, 3.8) is 0 Å². The quantitative estimate of drug-likeness (QED) is 0.883. The number of hydrogen-bond donors (Lipinski definition) is 1. The molecule has 4 heteroatoms. The van der Waals surface area contributed by atoms with Gasteiger partial charge in [0.25, 0.3) is 0 Å². The van der Waals surface area contributed by atoms with E-state index in [4.69, 9.17) is 4.74 Å². The van der Waals surface area contributed by atoms with E-state index >= 15 is 0 Å². The lowest BCUT2D eigenvalue weighted by Gasteiger charge is -2.18. The SMILES string of the molecule is COc1ccccc1[C@H](C)Nc1cccc(C[S@](C)=O)c1. The maximum Gasteiger partial charge on any atom is 0.124 e. The summed E-state index contributed by atoms with van der Waals surface area (Å²) in [5, 5.41) is 3.47. The van der Waals surface area contributed by atoms with E-state index in [1.165, 1.54) is 0 Å². The molecule has 21 heavy (non-hydrogen) atoms. The first-order chi connectivity index (χ1) is 10.1. The monoisotopic (exact) mass is 303 g/mol. The zero-order valence-electron chi connectivity index (χ0n) is 12.6. The highest BCUT2D eigenvalue weighted by molar-refractivity contribution is 7.83. The zero-order valence-corrected chi connectivity index (χ0v) is 13.4. The van der Waals surface area contributed by atoms with E-state index in [1.54, 1.807) is 13.4 Å². The van der Waals surface area contributed by atoms with E-state index in [0.29, 0.717) is 5.75 Å². The Labute approximate surface area is 128 Å². The van der Waals surface area contributed by atoms with Crippen LogP contribution in [0.15, 0.2) is 48.5 Å². The second kappa shape index (κ2) is 7.27. The molecule has 0 unspecified atom stereocenters. The van der Waals surface area contributed by atoms with Gasteiger partial charge in [0.05, 0.1) is 13.2 Å². The lowest BCUT2D eigenvalue weighted by atomic mass is 10.1. The number of benzene rings is 2. The Hall–Kier alpha value is -1.81. The van der Waals surface area contributed by atoms with Crippen molar-refractivity contribution in [3.8, 4) is 5.75 Å². The second-order valence-corrected chi connectivity index (χ2v) is 6.46. The van der Waals surface area contributed by atoms with Gasteiger partial charge in [-0.15, -0.1) is 0 Å². The molecular formula is C17H21NO2S. The fourth-order valence-electron chi connectivity index (χ4n) is 2.34. The smallest absolute Gasteiger partial charge is 0.124 e. The van der Waals surface area contributed by atoms with Crippen molar-refractivity contribution in [2.45, 2.75) is 18.7 Å². The molecule has 0 saturated heterocycles. The Kier molecular flexibility index (Phi) is 5.39. The van der Waals surface area contributed by atoms with Crippen LogP contribution in [0.25, 0.3) is 0 Å². The number of anilines is 1. The van der Waals surface area contributed by atoms with Gasteiger partial charge in [0.2, 0.25) is 0 Å². The van der Waals surface area contributed by atoms with Gasteiger partial charge in [0, 0.05) is 34.1 Å². The Bertz CT molecular complexity index is 628. The molecule has 0 aliphatic heterocycles. The topological polar surface area (TPSA) is 38.3 Å². The summed E-state index contributed by atoms with van der Waals surface area (Å²) in [7, 11) is 0.857. The van der Waals surface area contributed by atoms with Gasteiger partial charge >= 0.3 is 0 Å². The van der Waals surface area contributed by atoms with E-state index in [-0.39, 0.29) is 6.04 Å². The first kappa shape index (κ1) is 15.6. The summed E-state index contributed by atoms with van der Waals surface area (Å²) >= 11 is 0. The minimum atomic E-state index is -0.826. The molecule has 0 aliphatic carbocycles. The zero-order chi connectivity index (χ0) is 15.2. The van der Waals surface area contributed by atoms with E-state index in [0.717, 1.165) is 22.6 Å². The molecule has 3 nitrogen and oxygen atoms in total. The lowest BCUT2D eigenvalue weighted by molar-refractivity contribution is 0.408. The van der Waals surface area contributed by atoms with Gasteiger partial charge in [-0.05, 0) is 30.7 Å². The standard InChI is InChI=1S/C17H21NO2S/c1-13(16-9-4-5-10-17(16)20-2)18-15-8-6-7-14(11-15)12-21(3)19/h4-11,13,18H,12H2,1-3H3/t13-,21-/m0/s1. The highest BCUT2D eigenvalue weighted by atomic mass is 32.2. The van der Waals surface area contributed by atoms with E-state index in [1.807, 2.05) is 42.5 Å². The first-order valence-corrected chi connectivity index (χ1v) is 8.61. The molecule has 0 saturated carbocycles. The molecule has 0 spiro atoms. The normalized spacial score (nSPS) is 13.5. The maximum atomic E-state index is 11.3. The van der Waals surface area contributed by atoms with Crippen LogP contribution in [-0.2, 0) is 16.6 Å².